The molecular formula is C20H17ClFN5O3. The van der Waals surface area contributed by atoms with Crippen LogP contribution in [0.3, 0.4) is 0 Å². The summed E-state index contributed by atoms with van der Waals surface area (Å²) in [6.45, 7) is -0.226. The second-order valence-corrected chi connectivity index (χ2v) is 8.32. The molecule has 8 nitrogen and oxygen atoms in total. The van der Waals surface area contributed by atoms with Crippen molar-refractivity contribution in [3.8, 4) is 5.75 Å². The summed E-state index contributed by atoms with van der Waals surface area (Å²) in [5.41, 5.74) is -0.326. The highest BCUT2D eigenvalue weighted by atomic mass is 35.5. The van der Waals surface area contributed by atoms with Gasteiger partial charge in [0.15, 0.2) is 6.61 Å². The van der Waals surface area contributed by atoms with Gasteiger partial charge in [0.1, 0.15) is 17.3 Å². The zero-order valence-electron chi connectivity index (χ0n) is 15.7. The first-order valence-corrected chi connectivity index (χ1v) is 9.74. The van der Waals surface area contributed by atoms with E-state index in [1.807, 2.05) is 0 Å². The van der Waals surface area contributed by atoms with Gasteiger partial charge in [0.25, 0.3) is 11.8 Å². The summed E-state index contributed by atoms with van der Waals surface area (Å²) in [5, 5.41) is 5.97. The van der Waals surface area contributed by atoms with Crippen molar-refractivity contribution in [2.45, 2.75) is 30.3 Å². The molecule has 0 atom stereocenters. The number of hydrogen-bond acceptors (Lipinski definition) is 5. The minimum atomic E-state index is -0.604. The Bertz CT molecular complexity index is 1130. The molecule has 154 valence electrons. The number of benzene rings is 1. The van der Waals surface area contributed by atoms with Crippen LogP contribution in [0.4, 0.5) is 4.39 Å². The summed E-state index contributed by atoms with van der Waals surface area (Å²) in [6, 6.07) is 5.77. The molecular weight excluding hydrogens is 413 g/mol. The highest BCUT2D eigenvalue weighted by Crippen LogP contribution is 2.60. The molecule has 2 amide bonds. The summed E-state index contributed by atoms with van der Waals surface area (Å²) >= 11 is 5.62. The zero-order chi connectivity index (χ0) is 20.9. The van der Waals surface area contributed by atoms with Crippen LogP contribution in [0.15, 0.2) is 42.9 Å². The van der Waals surface area contributed by atoms with Crippen molar-refractivity contribution in [1.82, 2.24) is 25.0 Å². The number of imidazole rings is 1. The van der Waals surface area contributed by atoms with E-state index in [0.29, 0.717) is 30.7 Å². The second kappa shape index (κ2) is 6.66. The Hall–Kier alpha value is -3.20. The van der Waals surface area contributed by atoms with Crippen molar-refractivity contribution >= 4 is 29.2 Å². The fraction of sp³-hybridized carbons (Fsp3) is 0.300. The van der Waals surface area contributed by atoms with Gasteiger partial charge in [-0.1, -0.05) is 11.6 Å². The monoisotopic (exact) mass is 429 g/mol. The number of halogens is 2. The van der Waals surface area contributed by atoms with Crippen LogP contribution in [-0.2, 0) is 4.79 Å². The van der Waals surface area contributed by atoms with Crippen molar-refractivity contribution < 1.29 is 18.7 Å². The predicted molar refractivity (Wildman–Crippen MR) is 105 cm³/mol. The van der Waals surface area contributed by atoms with E-state index in [1.54, 1.807) is 29.1 Å². The largest absolute Gasteiger partial charge is 0.484 e. The Labute approximate surface area is 175 Å². The first-order valence-electron chi connectivity index (χ1n) is 9.37. The number of rotatable bonds is 6. The average molecular weight is 430 g/mol. The zero-order valence-corrected chi connectivity index (χ0v) is 16.4. The fourth-order valence-electron chi connectivity index (χ4n) is 4.34. The lowest BCUT2D eigenvalue weighted by molar-refractivity contribution is -0.141. The molecule has 3 aromatic rings. The Kier molecular flexibility index (Phi) is 4.18. The standard InChI is InChI=1S/C20H17ClFN5O3/c21-13-3-2-12(6-14(13)22)30-8-16(28)25-19-9-20(10-19,11-19)26-17(29)15-7-27-5-1-4-23-18(27)24-15/h1-7H,8-11H2,(H,25,28)(H,26,29). The molecule has 3 saturated carbocycles. The van der Waals surface area contributed by atoms with Gasteiger partial charge in [-0.05, 0) is 37.5 Å². The normalized spacial score (nSPS) is 23.9. The molecule has 0 unspecified atom stereocenters. The third-order valence-electron chi connectivity index (χ3n) is 5.54. The Morgan fingerprint density at radius 1 is 1.23 bits per heavy atom. The number of aromatic nitrogens is 3. The maximum atomic E-state index is 13.4. The van der Waals surface area contributed by atoms with E-state index in [-0.39, 0.29) is 40.3 Å². The average Bonchev–Trinajstić information content (AvgIpc) is 3.10. The van der Waals surface area contributed by atoms with Gasteiger partial charge in [-0.25, -0.2) is 14.4 Å². The molecule has 0 saturated heterocycles. The van der Waals surface area contributed by atoms with E-state index >= 15 is 0 Å². The Morgan fingerprint density at radius 2 is 2.00 bits per heavy atom. The van der Waals surface area contributed by atoms with Crippen molar-refractivity contribution in [2.75, 3.05) is 6.61 Å². The first-order chi connectivity index (χ1) is 14.4. The number of fused-ring (bicyclic) bond motifs is 1. The molecule has 0 spiro atoms. The molecule has 3 fully saturated rings. The third-order valence-corrected chi connectivity index (χ3v) is 5.85. The molecule has 0 radical (unpaired) electrons. The second-order valence-electron chi connectivity index (χ2n) is 7.91. The third kappa shape index (κ3) is 3.24. The van der Waals surface area contributed by atoms with E-state index < -0.39 is 5.82 Å². The van der Waals surface area contributed by atoms with Gasteiger partial charge in [-0.15, -0.1) is 0 Å². The van der Waals surface area contributed by atoms with Crippen LogP contribution in [0.1, 0.15) is 29.8 Å². The van der Waals surface area contributed by atoms with Crippen molar-refractivity contribution in [3.63, 3.8) is 0 Å². The van der Waals surface area contributed by atoms with Gasteiger partial charge in [0, 0.05) is 35.7 Å². The van der Waals surface area contributed by atoms with Gasteiger partial charge in [-0.2, -0.15) is 0 Å². The Morgan fingerprint density at radius 3 is 2.73 bits per heavy atom. The summed E-state index contributed by atoms with van der Waals surface area (Å²) in [5.74, 6) is -0.461. The number of carbonyl (C=O) groups is 2. The van der Waals surface area contributed by atoms with E-state index in [1.165, 1.54) is 12.1 Å². The van der Waals surface area contributed by atoms with E-state index in [0.717, 1.165) is 6.07 Å². The smallest absolute Gasteiger partial charge is 0.272 e. The van der Waals surface area contributed by atoms with Crippen molar-refractivity contribution in [1.29, 1.82) is 0 Å². The number of nitrogens with one attached hydrogen (secondary N) is 2. The topological polar surface area (TPSA) is 97.6 Å². The Balaban J connectivity index is 1.12. The maximum absolute atomic E-state index is 13.4. The summed E-state index contributed by atoms with van der Waals surface area (Å²) in [7, 11) is 0. The molecule has 0 aliphatic heterocycles. The summed E-state index contributed by atoms with van der Waals surface area (Å²) < 4.78 is 20.4. The molecule has 2 heterocycles. The van der Waals surface area contributed by atoms with Crippen LogP contribution in [0.5, 0.6) is 5.75 Å². The van der Waals surface area contributed by atoms with Gasteiger partial charge in [-0.3, -0.25) is 14.0 Å². The molecule has 1 aromatic carbocycles. The van der Waals surface area contributed by atoms with Crippen LogP contribution in [-0.4, -0.2) is 43.9 Å². The maximum Gasteiger partial charge on any atom is 0.272 e. The summed E-state index contributed by atoms with van der Waals surface area (Å²) in [4.78, 5) is 33.0. The lowest BCUT2D eigenvalue weighted by Gasteiger charge is -2.70. The van der Waals surface area contributed by atoms with Crippen LogP contribution in [0, 0.1) is 5.82 Å². The van der Waals surface area contributed by atoms with E-state index in [4.69, 9.17) is 16.3 Å². The molecule has 10 heteroatoms. The minimum Gasteiger partial charge on any atom is -0.484 e. The van der Waals surface area contributed by atoms with Gasteiger partial charge >= 0.3 is 0 Å². The SMILES string of the molecule is O=C(COc1ccc(Cl)c(F)c1)NC12CC(NC(=O)c3cn4cccnc4n3)(C1)C2. The van der Waals surface area contributed by atoms with Crippen LogP contribution in [0.25, 0.3) is 5.78 Å². The van der Waals surface area contributed by atoms with Crippen molar-refractivity contribution in [2.24, 2.45) is 0 Å². The van der Waals surface area contributed by atoms with Gasteiger partial charge in [0.05, 0.1) is 5.02 Å². The summed E-state index contributed by atoms with van der Waals surface area (Å²) in [6.07, 6.45) is 6.98. The van der Waals surface area contributed by atoms with Gasteiger partial charge in [0.2, 0.25) is 5.78 Å². The van der Waals surface area contributed by atoms with Crippen LogP contribution < -0.4 is 15.4 Å². The lowest BCUT2D eigenvalue weighted by atomic mass is 9.44. The quantitative estimate of drug-likeness (QED) is 0.625. The fourth-order valence-corrected chi connectivity index (χ4v) is 4.46. The van der Waals surface area contributed by atoms with Gasteiger partial charge < -0.3 is 15.4 Å². The number of carbonyl (C=O) groups excluding carboxylic acids is 2. The number of amides is 2. The van der Waals surface area contributed by atoms with E-state index in [9.17, 15) is 14.0 Å². The minimum absolute atomic E-state index is 0.00656. The van der Waals surface area contributed by atoms with E-state index in [2.05, 4.69) is 20.6 Å². The molecule has 2 aromatic heterocycles. The van der Waals surface area contributed by atoms with Crippen LogP contribution >= 0.6 is 11.6 Å². The molecule has 6 rings (SSSR count). The molecule has 3 aliphatic rings. The first kappa shape index (κ1) is 18.8. The van der Waals surface area contributed by atoms with Crippen molar-refractivity contribution in [3.05, 3.63) is 59.4 Å². The molecule has 30 heavy (non-hydrogen) atoms. The lowest BCUT2D eigenvalue weighted by Crippen LogP contribution is -2.84. The highest BCUT2D eigenvalue weighted by molar-refractivity contribution is 6.30. The number of hydrogen-bond donors (Lipinski definition) is 2. The molecule has 2 bridgehead atoms. The van der Waals surface area contributed by atoms with Crippen LogP contribution in [0.2, 0.25) is 5.02 Å². The number of nitrogens with zero attached hydrogens (tertiary/aromatic N) is 3. The molecule has 2 N–H and O–H groups in total. The highest BCUT2D eigenvalue weighted by Gasteiger charge is 2.69. The molecule has 3 aliphatic carbocycles. The predicted octanol–water partition coefficient (Wildman–Crippen LogP) is 2.12. The number of ether oxygens (including phenoxy) is 1.